The summed E-state index contributed by atoms with van der Waals surface area (Å²) in [6.07, 6.45) is 2.70. The molecule has 0 aromatic carbocycles. The van der Waals surface area contributed by atoms with Crippen LogP contribution in [0.5, 0.6) is 0 Å². The van der Waals surface area contributed by atoms with Gasteiger partial charge < -0.3 is 14.7 Å². The van der Waals surface area contributed by atoms with E-state index in [2.05, 4.69) is 21.7 Å². The Hall–Kier alpha value is -0.200. The van der Waals surface area contributed by atoms with Gasteiger partial charge >= 0.3 is 0 Å². The molecule has 0 aromatic rings. The summed E-state index contributed by atoms with van der Waals surface area (Å²) in [6.45, 7) is 9.87. The molecule has 1 N–H and O–H groups in total. The number of piperazine rings is 1. The van der Waals surface area contributed by atoms with Crippen molar-refractivity contribution in [3.05, 3.63) is 0 Å². The summed E-state index contributed by atoms with van der Waals surface area (Å²) in [5.74, 6) is 0. The van der Waals surface area contributed by atoms with E-state index in [1.807, 2.05) is 0 Å². The van der Waals surface area contributed by atoms with Crippen molar-refractivity contribution in [3.63, 3.8) is 0 Å². The van der Waals surface area contributed by atoms with E-state index in [9.17, 15) is 5.11 Å². The van der Waals surface area contributed by atoms with E-state index in [4.69, 9.17) is 4.74 Å². The Morgan fingerprint density at radius 1 is 1.15 bits per heavy atom. The van der Waals surface area contributed by atoms with E-state index in [-0.39, 0.29) is 12.0 Å². The van der Waals surface area contributed by atoms with E-state index in [1.54, 1.807) is 0 Å². The number of hydrogen-bond donors (Lipinski definition) is 1. The first-order valence-electron chi connectivity index (χ1n) is 8.04. The summed E-state index contributed by atoms with van der Waals surface area (Å²) in [4.78, 5) is 7.66. The van der Waals surface area contributed by atoms with Crippen LogP contribution in [-0.4, -0.2) is 98.5 Å². The Bertz CT molecular complexity index is 309. The van der Waals surface area contributed by atoms with Gasteiger partial charge in [0.05, 0.1) is 25.2 Å². The lowest BCUT2D eigenvalue weighted by Gasteiger charge is -2.47. The van der Waals surface area contributed by atoms with Crippen molar-refractivity contribution >= 4 is 0 Å². The number of aliphatic hydroxyl groups is 1. The van der Waals surface area contributed by atoms with Crippen molar-refractivity contribution in [2.45, 2.75) is 18.9 Å². The maximum absolute atomic E-state index is 9.53. The smallest absolute Gasteiger partial charge is 0.0579 e. The second kappa shape index (κ2) is 6.28. The molecule has 0 amide bonds. The van der Waals surface area contributed by atoms with Gasteiger partial charge in [0.2, 0.25) is 0 Å². The Balaban J connectivity index is 1.44. The second-order valence-corrected chi connectivity index (χ2v) is 7.02. The number of likely N-dealkylation sites (N-methyl/N-ethyl adjacent to an activating group) is 1. The van der Waals surface area contributed by atoms with Crippen LogP contribution in [-0.2, 0) is 4.74 Å². The zero-order chi connectivity index (χ0) is 14.0. The lowest BCUT2D eigenvalue weighted by atomic mass is 9.86. The van der Waals surface area contributed by atoms with E-state index in [1.165, 1.54) is 39.0 Å². The average molecular weight is 283 g/mol. The molecule has 116 valence electrons. The molecule has 0 radical (unpaired) electrons. The third-order valence-electron chi connectivity index (χ3n) is 5.23. The van der Waals surface area contributed by atoms with Crippen LogP contribution in [0.2, 0.25) is 0 Å². The fourth-order valence-corrected chi connectivity index (χ4v) is 3.82. The first kappa shape index (κ1) is 14.7. The lowest BCUT2D eigenvalue weighted by molar-refractivity contribution is -0.151. The Kier molecular flexibility index (Phi) is 4.62. The molecule has 3 heterocycles. The zero-order valence-corrected chi connectivity index (χ0v) is 12.8. The lowest BCUT2D eigenvalue weighted by Crippen LogP contribution is -2.59. The summed E-state index contributed by atoms with van der Waals surface area (Å²) in [5.41, 5.74) is 0.0349. The fraction of sp³-hybridized carbons (Fsp3) is 1.00. The zero-order valence-electron chi connectivity index (χ0n) is 12.8. The summed E-state index contributed by atoms with van der Waals surface area (Å²) in [5, 5.41) is 9.53. The minimum Gasteiger partial charge on any atom is -0.396 e. The van der Waals surface area contributed by atoms with E-state index in [0.717, 1.165) is 38.9 Å². The van der Waals surface area contributed by atoms with Gasteiger partial charge in [-0.05, 0) is 26.4 Å². The quantitative estimate of drug-likeness (QED) is 0.767. The molecular weight excluding hydrogens is 254 g/mol. The summed E-state index contributed by atoms with van der Waals surface area (Å²) in [7, 11) is 2.24. The molecule has 0 spiro atoms. The Morgan fingerprint density at radius 3 is 2.45 bits per heavy atom. The molecule has 0 aliphatic carbocycles. The van der Waals surface area contributed by atoms with Crippen molar-refractivity contribution in [2.75, 3.05) is 72.7 Å². The van der Waals surface area contributed by atoms with Crippen LogP contribution in [0.1, 0.15) is 12.8 Å². The standard InChI is InChI=1S/C15H29N3O2/c1-16-4-2-3-14(9-16)18-7-5-17(6-8-18)10-15(11-19)12-20-13-15/h14,19H,2-13H2,1H3. The summed E-state index contributed by atoms with van der Waals surface area (Å²) >= 11 is 0. The molecule has 3 aliphatic rings. The highest BCUT2D eigenvalue weighted by Crippen LogP contribution is 2.28. The third kappa shape index (κ3) is 3.17. The van der Waals surface area contributed by atoms with Gasteiger partial charge in [0.15, 0.2) is 0 Å². The molecule has 0 saturated carbocycles. The van der Waals surface area contributed by atoms with Gasteiger partial charge in [-0.15, -0.1) is 0 Å². The first-order chi connectivity index (χ1) is 9.71. The van der Waals surface area contributed by atoms with Gasteiger partial charge in [-0.2, -0.15) is 0 Å². The van der Waals surface area contributed by atoms with E-state index < -0.39 is 0 Å². The van der Waals surface area contributed by atoms with Gasteiger partial charge in [0.25, 0.3) is 0 Å². The van der Waals surface area contributed by atoms with E-state index in [0.29, 0.717) is 0 Å². The SMILES string of the molecule is CN1CCCC(N2CCN(CC3(CO)COC3)CC2)C1. The van der Waals surface area contributed by atoms with Gasteiger partial charge in [0, 0.05) is 45.3 Å². The van der Waals surface area contributed by atoms with Crippen LogP contribution in [0.4, 0.5) is 0 Å². The summed E-state index contributed by atoms with van der Waals surface area (Å²) in [6, 6.07) is 0.759. The number of likely N-dealkylation sites (tertiary alicyclic amines) is 1. The number of piperidine rings is 1. The number of nitrogens with zero attached hydrogens (tertiary/aromatic N) is 3. The average Bonchev–Trinajstić information content (AvgIpc) is 2.44. The molecule has 0 bridgehead atoms. The van der Waals surface area contributed by atoms with Crippen LogP contribution >= 0.6 is 0 Å². The molecular formula is C15H29N3O2. The molecule has 5 nitrogen and oxygen atoms in total. The highest BCUT2D eigenvalue weighted by Gasteiger charge is 2.40. The van der Waals surface area contributed by atoms with Crippen LogP contribution in [0.25, 0.3) is 0 Å². The predicted molar refractivity (Wildman–Crippen MR) is 78.9 cm³/mol. The van der Waals surface area contributed by atoms with Gasteiger partial charge in [-0.25, -0.2) is 0 Å². The topological polar surface area (TPSA) is 39.2 Å². The number of ether oxygens (including phenoxy) is 1. The molecule has 3 aliphatic heterocycles. The highest BCUT2D eigenvalue weighted by atomic mass is 16.5. The van der Waals surface area contributed by atoms with Crippen molar-refractivity contribution in [1.29, 1.82) is 0 Å². The van der Waals surface area contributed by atoms with Gasteiger partial charge in [0.1, 0.15) is 0 Å². The Labute approximate surface area is 122 Å². The van der Waals surface area contributed by atoms with Crippen molar-refractivity contribution < 1.29 is 9.84 Å². The highest BCUT2D eigenvalue weighted by molar-refractivity contribution is 4.90. The first-order valence-corrected chi connectivity index (χ1v) is 8.04. The Morgan fingerprint density at radius 2 is 1.90 bits per heavy atom. The maximum atomic E-state index is 9.53. The van der Waals surface area contributed by atoms with Crippen LogP contribution in [0, 0.1) is 5.41 Å². The second-order valence-electron chi connectivity index (χ2n) is 7.02. The van der Waals surface area contributed by atoms with Crippen molar-refractivity contribution in [3.8, 4) is 0 Å². The maximum Gasteiger partial charge on any atom is 0.0579 e. The van der Waals surface area contributed by atoms with Crippen LogP contribution in [0.15, 0.2) is 0 Å². The molecule has 3 rings (SSSR count). The largest absolute Gasteiger partial charge is 0.396 e. The molecule has 5 heteroatoms. The summed E-state index contributed by atoms with van der Waals surface area (Å²) < 4.78 is 5.30. The van der Waals surface area contributed by atoms with Crippen LogP contribution < -0.4 is 0 Å². The molecule has 0 aromatic heterocycles. The molecule has 3 saturated heterocycles. The number of hydrogen-bond acceptors (Lipinski definition) is 5. The monoisotopic (exact) mass is 283 g/mol. The van der Waals surface area contributed by atoms with Gasteiger partial charge in [-0.1, -0.05) is 0 Å². The number of rotatable bonds is 4. The predicted octanol–water partition coefficient (Wildman–Crippen LogP) is -0.293. The molecule has 20 heavy (non-hydrogen) atoms. The fourth-order valence-electron chi connectivity index (χ4n) is 3.82. The number of aliphatic hydroxyl groups excluding tert-OH is 1. The van der Waals surface area contributed by atoms with Crippen molar-refractivity contribution in [2.24, 2.45) is 5.41 Å². The third-order valence-corrected chi connectivity index (χ3v) is 5.23. The van der Waals surface area contributed by atoms with Crippen molar-refractivity contribution in [1.82, 2.24) is 14.7 Å². The molecule has 3 fully saturated rings. The normalized spacial score (nSPS) is 33.0. The minimum absolute atomic E-state index is 0.0349. The molecule has 1 unspecified atom stereocenters. The molecule has 1 atom stereocenters. The van der Waals surface area contributed by atoms with Gasteiger partial charge in [-0.3, -0.25) is 9.80 Å². The minimum atomic E-state index is 0.0349. The van der Waals surface area contributed by atoms with E-state index >= 15 is 0 Å². The van der Waals surface area contributed by atoms with Crippen LogP contribution in [0.3, 0.4) is 0 Å².